The third-order valence-electron chi connectivity index (χ3n) is 4.12. The first-order valence-corrected chi connectivity index (χ1v) is 6.56. The molecule has 1 fully saturated rings. The fraction of sp³-hybridized carbons (Fsp3) is 0.533. The van der Waals surface area contributed by atoms with Crippen molar-refractivity contribution in [2.45, 2.75) is 31.7 Å². The van der Waals surface area contributed by atoms with E-state index in [0.29, 0.717) is 12.0 Å². The van der Waals surface area contributed by atoms with Crippen LogP contribution in [0.15, 0.2) is 30.3 Å². The second kappa shape index (κ2) is 5.53. The third kappa shape index (κ3) is 2.72. The fourth-order valence-electron chi connectivity index (χ4n) is 3.24. The number of carbonyl (C=O) groups is 1. The van der Waals surface area contributed by atoms with Crippen LogP contribution in [0.4, 0.5) is 0 Å². The van der Waals surface area contributed by atoms with Crippen molar-refractivity contribution in [3.63, 3.8) is 0 Å². The summed E-state index contributed by atoms with van der Waals surface area (Å²) >= 11 is 0. The minimum Gasteiger partial charge on any atom is -0.481 e. The van der Waals surface area contributed by atoms with Crippen LogP contribution in [0.3, 0.4) is 0 Å². The lowest BCUT2D eigenvalue weighted by Crippen LogP contribution is -2.35. The Hall–Kier alpha value is -1.35. The Morgan fingerprint density at radius 3 is 2.72 bits per heavy atom. The quantitative estimate of drug-likeness (QED) is 0.889. The smallest absolute Gasteiger partial charge is 0.303 e. The average molecular weight is 247 g/mol. The standard InChI is InChI=1S/C15H21NO2/c1-11(12-6-4-3-5-7-12)15-13(10-14(17)18)8-9-16(15)2/h3-7,11,13,15H,8-10H2,1-2H3,(H,17,18)/t11-,13+,15?/m0/s1. The number of carboxylic acids is 1. The van der Waals surface area contributed by atoms with Gasteiger partial charge in [0.1, 0.15) is 0 Å². The van der Waals surface area contributed by atoms with E-state index in [0.717, 1.165) is 13.0 Å². The molecule has 1 heterocycles. The molecule has 1 N–H and O–H groups in total. The summed E-state index contributed by atoms with van der Waals surface area (Å²) in [5, 5.41) is 9.01. The maximum Gasteiger partial charge on any atom is 0.303 e. The molecule has 0 aromatic heterocycles. The van der Waals surface area contributed by atoms with Gasteiger partial charge in [0, 0.05) is 12.5 Å². The molecule has 1 aliphatic rings. The lowest BCUT2D eigenvalue weighted by Gasteiger charge is -2.30. The highest BCUT2D eigenvalue weighted by Crippen LogP contribution is 2.35. The van der Waals surface area contributed by atoms with Crippen molar-refractivity contribution >= 4 is 5.97 Å². The van der Waals surface area contributed by atoms with Gasteiger partial charge in [0.15, 0.2) is 0 Å². The van der Waals surface area contributed by atoms with Crippen LogP contribution in [-0.4, -0.2) is 35.6 Å². The zero-order valence-electron chi connectivity index (χ0n) is 11.0. The second-order valence-electron chi connectivity index (χ2n) is 5.32. The number of nitrogens with zero attached hydrogens (tertiary/aromatic N) is 1. The highest BCUT2D eigenvalue weighted by Gasteiger charge is 2.37. The fourth-order valence-corrected chi connectivity index (χ4v) is 3.24. The lowest BCUT2D eigenvalue weighted by atomic mass is 9.84. The molecule has 18 heavy (non-hydrogen) atoms. The molecule has 0 amide bonds. The van der Waals surface area contributed by atoms with Crippen molar-refractivity contribution in [3.8, 4) is 0 Å². The van der Waals surface area contributed by atoms with E-state index in [4.69, 9.17) is 5.11 Å². The summed E-state index contributed by atoms with van der Waals surface area (Å²) in [5.74, 6) is -0.0358. The van der Waals surface area contributed by atoms with Crippen molar-refractivity contribution < 1.29 is 9.90 Å². The van der Waals surface area contributed by atoms with Crippen LogP contribution >= 0.6 is 0 Å². The van der Waals surface area contributed by atoms with Crippen LogP contribution in [-0.2, 0) is 4.79 Å². The maximum atomic E-state index is 10.9. The largest absolute Gasteiger partial charge is 0.481 e. The molecule has 2 rings (SSSR count). The van der Waals surface area contributed by atoms with Gasteiger partial charge in [0.25, 0.3) is 0 Å². The molecular formula is C15H21NO2. The topological polar surface area (TPSA) is 40.5 Å². The minimum absolute atomic E-state index is 0.266. The van der Waals surface area contributed by atoms with Crippen molar-refractivity contribution in [2.75, 3.05) is 13.6 Å². The van der Waals surface area contributed by atoms with Crippen LogP contribution in [0.5, 0.6) is 0 Å². The molecule has 1 aromatic carbocycles. The SMILES string of the molecule is C[C@@H](c1ccccc1)C1[C@@H](CC(=O)O)CCN1C. The first-order valence-electron chi connectivity index (χ1n) is 6.56. The first kappa shape index (κ1) is 13.1. The van der Waals surface area contributed by atoms with Crippen LogP contribution in [0.2, 0.25) is 0 Å². The van der Waals surface area contributed by atoms with E-state index in [-0.39, 0.29) is 12.3 Å². The molecule has 1 aromatic rings. The summed E-state index contributed by atoms with van der Waals surface area (Å²) < 4.78 is 0. The van der Waals surface area contributed by atoms with Crippen LogP contribution in [0.25, 0.3) is 0 Å². The molecule has 1 saturated heterocycles. The van der Waals surface area contributed by atoms with E-state index < -0.39 is 5.97 Å². The van der Waals surface area contributed by atoms with E-state index in [1.807, 2.05) is 18.2 Å². The molecule has 0 aliphatic carbocycles. The third-order valence-corrected chi connectivity index (χ3v) is 4.12. The van der Waals surface area contributed by atoms with E-state index in [1.165, 1.54) is 5.56 Å². The van der Waals surface area contributed by atoms with Crippen LogP contribution < -0.4 is 0 Å². The Morgan fingerprint density at radius 1 is 1.44 bits per heavy atom. The number of benzene rings is 1. The van der Waals surface area contributed by atoms with Crippen LogP contribution in [0.1, 0.15) is 31.2 Å². The van der Waals surface area contributed by atoms with E-state index in [9.17, 15) is 4.79 Å². The summed E-state index contributed by atoms with van der Waals surface area (Å²) in [6.07, 6.45) is 1.27. The minimum atomic E-state index is -0.680. The molecule has 98 valence electrons. The zero-order chi connectivity index (χ0) is 13.1. The highest BCUT2D eigenvalue weighted by atomic mass is 16.4. The number of rotatable bonds is 4. The Morgan fingerprint density at radius 2 is 2.11 bits per heavy atom. The van der Waals surface area contributed by atoms with Gasteiger partial charge in [-0.25, -0.2) is 0 Å². The number of likely N-dealkylation sites (tertiary alicyclic amines) is 1. The van der Waals surface area contributed by atoms with Gasteiger partial charge in [-0.3, -0.25) is 4.79 Å². The number of carboxylic acid groups (broad SMARTS) is 1. The zero-order valence-corrected chi connectivity index (χ0v) is 11.0. The summed E-state index contributed by atoms with van der Waals surface area (Å²) in [6.45, 7) is 3.20. The lowest BCUT2D eigenvalue weighted by molar-refractivity contribution is -0.138. The Balaban J connectivity index is 2.16. The van der Waals surface area contributed by atoms with Crippen molar-refractivity contribution in [3.05, 3.63) is 35.9 Å². The van der Waals surface area contributed by atoms with Crippen LogP contribution in [0, 0.1) is 5.92 Å². The Bertz CT molecular complexity index is 404. The van der Waals surface area contributed by atoms with Crippen molar-refractivity contribution in [2.24, 2.45) is 5.92 Å². The van der Waals surface area contributed by atoms with E-state index in [2.05, 4.69) is 31.0 Å². The number of hydrogen-bond acceptors (Lipinski definition) is 2. The Labute approximate surface area is 108 Å². The maximum absolute atomic E-state index is 10.9. The molecule has 0 bridgehead atoms. The normalized spacial score (nSPS) is 26.1. The number of hydrogen-bond donors (Lipinski definition) is 1. The van der Waals surface area contributed by atoms with Gasteiger partial charge in [0.2, 0.25) is 0 Å². The van der Waals surface area contributed by atoms with Gasteiger partial charge in [-0.05, 0) is 37.4 Å². The summed E-state index contributed by atoms with van der Waals surface area (Å²) in [4.78, 5) is 13.3. The van der Waals surface area contributed by atoms with Crippen molar-refractivity contribution in [1.82, 2.24) is 4.90 Å². The van der Waals surface area contributed by atoms with Gasteiger partial charge in [-0.2, -0.15) is 0 Å². The van der Waals surface area contributed by atoms with Crippen molar-refractivity contribution in [1.29, 1.82) is 0 Å². The van der Waals surface area contributed by atoms with Gasteiger partial charge in [0.05, 0.1) is 0 Å². The average Bonchev–Trinajstić information content (AvgIpc) is 2.70. The van der Waals surface area contributed by atoms with Gasteiger partial charge in [-0.1, -0.05) is 37.3 Å². The second-order valence-corrected chi connectivity index (χ2v) is 5.32. The molecule has 3 heteroatoms. The molecule has 3 atom stereocenters. The first-order chi connectivity index (χ1) is 8.59. The van der Waals surface area contributed by atoms with Gasteiger partial charge >= 0.3 is 5.97 Å². The molecule has 0 saturated carbocycles. The predicted molar refractivity (Wildman–Crippen MR) is 71.6 cm³/mol. The summed E-state index contributed by atoms with van der Waals surface area (Å²) in [7, 11) is 2.10. The van der Waals surface area contributed by atoms with E-state index in [1.54, 1.807) is 0 Å². The molecule has 1 aliphatic heterocycles. The molecule has 1 unspecified atom stereocenters. The highest BCUT2D eigenvalue weighted by molar-refractivity contribution is 5.67. The van der Waals surface area contributed by atoms with E-state index >= 15 is 0 Å². The van der Waals surface area contributed by atoms with Gasteiger partial charge < -0.3 is 10.0 Å². The van der Waals surface area contributed by atoms with Gasteiger partial charge in [-0.15, -0.1) is 0 Å². The number of aliphatic carboxylic acids is 1. The predicted octanol–water partition coefficient (Wildman–Crippen LogP) is 2.59. The molecule has 3 nitrogen and oxygen atoms in total. The molecule has 0 spiro atoms. The number of likely N-dealkylation sites (N-methyl/N-ethyl adjacent to an activating group) is 1. The molecule has 0 radical (unpaired) electrons. The Kier molecular flexibility index (Phi) is 4.02. The monoisotopic (exact) mass is 247 g/mol. The summed E-state index contributed by atoms with van der Waals surface area (Å²) in [6, 6.07) is 10.7. The molecular weight excluding hydrogens is 226 g/mol. The summed E-state index contributed by atoms with van der Waals surface area (Å²) in [5.41, 5.74) is 1.30.